The van der Waals surface area contributed by atoms with Crippen molar-refractivity contribution in [3.63, 3.8) is 0 Å². The molecule has 0 bridgehead atoms. The molecule has 0 saturated carbocycles. The highest BCUT2D eigenvalue weighted by Gasteiger charge is 2.18. The van der Waals surface area contributed by atoms with E-state index in [0.717, 1.165) is 0 Å². The molecule has 0 saturated heterocycles. The van der Waals surface area contributed by atoms with E-state index in [1.165, 1.54) is 0 Å². The lowest BCUT2D eigenvalue weighted by atomic mass is 10.2. The van der Waals surface area contributed by atoms with Crippen LogP contribution in [0.1, 0.15) is 21.7 Å². The number of pyridine rings is 1. The van der Waals surface area contributed by atoms with Crippen LogP contribution in [0.3, 0.4) is 0 Å². The third kappa shape index (κ3) is 4.11. The Bertz CT molecular complexity index is 1030. The lowest BCUT2D eigenvalue weighted by Crippen LogP contribution is -2.28. The number of hydrogen-bond acceptors (Lipinski definition) is 4. The highest BCUT2D eigenvalue weighted by atomic mass is 35.5. The van der Waals surface area contributed by atoms with Gasteiger partial charge in [-0.3, -0.25) is 9.59 Å². The lowest BCUT2D eigenvalue weighted by molar-refractivity contribution is -0.120. The number of anilines is 1. The van der Waals surface area contributed by atoms with Crippen LogP contribution in [-0.4, -0.2) is 39.5 Å². The van der Waals surface area contributed by atoms with E-state index in [1.807, 2.05) is 0 Å². The van der Waals surface area contributed by atoms with Crippen LogP contribution in [0.25, 0.3) is 5.65 Å². The number of aromatic nitrogens is 2. The third-order valence-corrected chi connectivity index (χ3v) is 4.78. The molecule has 2 amide bonds. The van der Waals surface area contributed by atoms with Crippen LogP contribution < -0.4 is 10.6 Å². The van der Waals surface area contributed by atoms with Crippen molar-refractivity contribution in [2.75, 3.05) is 18.5 Å². The number of halogens is 2. The molecule has 146 valence electrons. The topological polar surface area (TPSA) is 95.7 Å². The van der Waals surface area contributed by atoms with Gasteiger partial charge in [-0.1, -0.05) is 29.3 Å². The molecule has 3 N–H and O–H groups in total. The number of imidazole rings is 1. The van der Waals surface area contributed by atoms with Crippen molar-refractivity contribution in [1.82, 2.24) is 14.7 Å². The largest absolute Gasteiger partial charge is 0.395 e. The Kier molecular flexibility index (Phi) is 6.18. The molecular formula is C19H18Cl2N4O3. The molecule has 7 nitrogen and oxygen atoms in total. The molecule has 3 rings (SSSR count). The predicted molar refractivity (Wildman–Crippen MR) is 108 cm³/mol. The predicted octanol–water partition coefficient (Wildman–Crippen LogP) is 2.85. The zero-order valence-corrected chi connectivity index (χ0v) is 16.5. The second-order valence-electron chi connectivity index (χ2n) is 6.06. The number of rotatable bonds is 6. The third-order valence-electron chi connectivity index (χ3n) is 4.15. The Morgan fingerprint density at radius 1 is 1.18 bits per heavy atom. The summed E-state index contributed by atoms with van der Waals surface area (Å²) in [5, 5.41) is 14.7. The summed E-state index contributed by atoms with van der Waals surface area (Å²) in [6, 6.07) is 8.29. The van der Waals surface area contributed by atoms with Crippen molar-refractivity contribution in [1.29, 1.82) is 0 Å². The molecule has 9 heteroatoms. The summed E-state index contributed by atoms with van der Waals surface area (Å²) in [5.74, 6) is -0.678. The van der Waals surface area contributed by atoms with Gasteiger partial charge in [-0.05, 0) is 31.2 Å². The average Bonchev–Trinajstić information content (AvgIpc) is 2.96. The summed E-state index contributed by atoms with van der Waals surface area (Å²) in [5.41, 5.74) is 2.50. The summed E-state index contributed by atoms with van der Waals surface area (Å²) in [7, 11) is 0. The highest BCUT2D eigenvalue weighted by molar-refractivity contribution is 6.40. The van der Waals surface area contributed by atoms with E-state index in [2.05, 4.69) is 15.6 Å². The Morgan fingerprint density at radius 2 is 1.89 bits per heavy atom. The fraction of sp³-hybridized carbons (Fsp3) is 0.211. The Morgan fingerprint density at radius 3 is 2.57 bits per heavy atom. The van der Waals surface area contributed by atoms with Gasteiger partial charge in [0.05, 0.1) is 45.7 Å². The monoisotopic (exact) mass is 420 g/mol. The van der Waals surface area contributed by atoms with E-state index in [0.29, 0.717) is 22.7 Å². The summed E-state index contributed by atoms with van der Waals surface area (Å²) in [6.45, 7) is 1.85. The molecule has 0 radical (unpaired) electrons. The van der Waals surface area contributed by atoms with Gasteiger partial charge in [-0.15, -0.1) is 0 Å². The molecule has 2 aromatic heterocycles. The number of amides is 2. The number of nitrogens with one attached hydrogen (secondary N) is 2. The SMILES string of the molecule is Cc1nc2c(NC(=O)c3c(Cl)cccc3Cl)cccn2c1CC(=O)NCCO. The number of fused-ring (bicyclic) bond motifs is 1. The second kappa shape index (κ2) is 8.60. The van der Waals surface area contributed by atoms with Gasteiger partial charge >= 0.3 is 0 Å². The highest BCUT2D eigenvalue weighted by Crippen LogP contribution is 2.27. The molecule has 0 unspecified atom stereocenters. The molecule has 0 aliphatic carbocycles. The molecule has 0 aliphatic rings. The molecular weight excluding hydrogens is 403 g/mol. The Hall–Kier alpha value is -2.61. The van der Waals surface area contributed by atoms with Gasteiger partial charge < -0.3 is 20.1 Å². The number of hydrogen-bond donors (Lipinski definition) is 3. The van der Waals surface area contributed by atoms with Crippen molar-refractivity contribution in [3.8, 4) is 0 Å². The molecule has 28 heavy (non-hydrogen) atoms. The first-order valence-electron chi connectivity index (χ1n) is 8.52. The molecule has 0 fully saturated rings. The fourth-order valence-corrected chi connectivity index (χ4v) is 3.42. The number of carbonyl (C=O) groups excluding carboxylic acids is 2. The van der Waals surface area contributed by atoms with E-state index >= 15 is 0 Å². The first-order chi connectivity index (χ1) is 13.4. The lowest BCUT2D eigenvalue weighted by Gasteiger charge is -2.10. The first kappa shape index (κ1) is 20.1. The van der Waals surface area contributed by atoms with Gasteiger partial charge in [0.1, 0.15) is 0 Å². The van der Waals surface area contributed by atoms with Gasteiger partial charge in [0.25, 0.3) is 5.91 Å². The first-order valence-corrected chi connectivity index (χ1v) is 9.27. The van der Waals surface area contributed by atoms with E-state index in [9.17, 15) is 9.59 Å². The molecule has 0 aliphatic heterocycles. The number of nitrogens with zero attached hydrogens (tertiary/aromatic N) is 2. The van der Waals surface area contributed by atoms with Crippen LogP contribution >= 0.6 is 23.2 Å². The minimum absolute atomic E-state index is 0.0980. The number of carbonyl (C=O) groups is 2. The van der Waals surface area contributed by atoms with E-state index < -0.39 is 5.91 Å². The summed E-state index contributed by atoms with van der Waals surface area (Å²) < 4.78 is 1.75. The van der Waals surface area contributed by atoms with Crippen LogP contribution in [0, 0.1) is 6.92 Å². The Labute approximate surface area is 171 Å². The van der Waals surface area contributed by atoms with Crippen LogP contribution in [0.5, 0.6) is 0 Å². The standard InChI is InChI=1S/C19H18Cl2N4O3/c1-11-15(10-16(27)22-7-9-26)25-8-3-6-14(18(25)23-11)24-19(28)17-12(20)4-2-5-13(17)21/h2-6,8,26H,7,9-10H2,1H3,(H,22,27)(H,24,28). The maximum Gasteiger partial charge on any atom is 0.258 e. The van der Waals surface area contributed by atoms with Crippen molar-refractivity contribution in [3.05, 3.63) is 63.5 Å². The van der Waals surface area contributed by atoms with Gasteiger partial charge in [0, 0.05) is 12.7 Å². The molecule has 1 aromatic carbocycles. The van der Waals surface area contributed by atoms with E-state index in [-0.39, 0.29) is 41.1 Å². The maximum absolute atomic E-state index is 12.7. The number of aliphatic hydroxyl groups excluding tert-OH is 1. The fourth-order valence-electron chi connectivity index (χ4n) is 2.85. The summed E-state index contributed by atoms with van der Waals surface area (Å²) in [6.07, 6.45) is 1.86. The van der Waals surface area contributed by atoms with E-state index in [4.69, 9.17) is 28.3 Å². The smallest absolute Gasteiger partial charge is 0.258 e. The van der Waals surface area contributed by atoms with Gasteiger partial charge in [0.2, 0.25) is 5.91 Å². The van der Waals surface area contributed by atoms with Gasteiger partial charge in [0.15, 0.2) is 5.65 Å². The number of aryl methyl sites for hydroxylation is 1. The summed E-state index contributed by atoms with van der Waals surface area (Å²) >= 11 is 12.2. The molecule has 2 heterocycles. The van der Waals surface area contributed by atoms with Crippen LogP contribution in [-0.2, 0) is 11.2 Å². The van der Waals surface area contributed by atoms with Crippen LogP contribution in [0.15, 0.2) is 36.5 Å². The van der Waals surface area contributed by atoms with Gasteiger partial charge in [-0.2, -0.15) is 0 Å². The van der Waals surface area contributed by atoms with Crippen molar-refractivity contribution < 1.29 is 14.7 Å². The average molecular weight is 421 g/mol. The molecule has 0 spiro atoms. The second-order valence-corrected chi connectivity index (χ2v) is 6.87. The summed E-state index contributed by atoms with van der Waals surface area (Å²) in [4.78, 5) is 29.2. The Balaban J connectivity index is 1.92. The van der Waals surface area contributed by atoms with E-state index in [1.54, 1.807) is 47.9 Å². The normalized spacial score (nSPS) is 10.9. The van der Waals surface area contributed by atoms with Crippen molar-refractivity contribution in [2.45, 2.75) is 13.3 Å². The van der Waals surface area contributed by atoms with Crippen LogP contribution in [0.2, 0.25) is 10.0 Å². The quantitative estimate of drug-likeness (QED) is 0.571. The van der Waals surface area contributed by atoms with Crippen LogP contribution in [0.4, 0.5) is 5.69 Å². The minimum atomic E-state index is -0.452. The zero-order valence-electron chi connectivity index (χ0n) is 15.0. The number of aliphatic hydroxyl groups is 1. The minimum Gasteiger partial charge on any atom is -0.395 e. The molecule has 3 aromatic rings. The van der Waals surface area contributed by atoms with Crippen molar-refractivity contribution >= 4 is 46.4 Å². The van der Waals surface area contributed by atoms with Gasteiger partial charge in [-0.25, -0.2) is 4.98 Å². The number of benzene rings is 1. The maximum atomic E-state index is 12.7. The molecule has 0 atom stereocenters. The van der Waals surface area contributed by atoms with Crippen molar-refractivity contribution in [2.24, 2.45) is 0 Å². The zero-order chi connectivity index (χ0) is 20.3.